The van der Waals surface area contributed by atoms with E-state index in [1.165, 1.54) is 16.7 Å². The molecule has 23 heavy (non-hydrogen) atoms. The molecule has 2 aromatic carbocycles. The molecule has 3 rings (SSSR count). The molecule has 0 aliphatic carbocycles. The predicted molar refractivity (Wildman–Crippen MR) is 90.8 cm³/mol. The van der Waals surface area contributed by atoms with Crippen LogP contribution in [-0.4, -0.2) is 22.1 Å². The highest BCUT2D eigenvalue weighted by atomic mass is 16.4. The van der Waals surface area contributed by atoms with Crippen molar-refractivity contribution in [2.75, 3.05) is 7.05 Å². The fourth-order valence-electron chi connectivity index (χ4n) is 2.63. The Bertz CT molecular complexity index is 767. The van der Waals surface area contributed by atoms with Crippen LogP contribution in [0, 0.1) is 6.92 Å². The molecular formula is C19H21N3O. The molecule has 0 unspecified atom stereocenters. The zero-order chi connectivity index (χ0) is 16.2. The second-order valence-electron chi connectivity index (χ2n) is 5.77. The second-order valence-corrected chi connectivity index (χ2v) is 5.77. The second kappa shape index (κ2) is 6.75. The van der Waals surface area contributed by atoms with Gasteiger partial charge in [0, 0.05) is 13.5 Å². The maximum absolute atomic E-state index is 5.56. The summed E-state index contributed by atoms with van der Waals surface area (Å²) in [6.45, 7) is 4.71. The van der Waals surface area contributed by atoms with Crippen molar-refractivity contribution in [1.82, 2.24) is 15.1 Å². The maximum Gasteiger partial charge on any atom is 0.233 e. The van der Waals surface area contributed by atoms with Crippen molar-refractivity contribution in [3.8, 4) is 11.1 Å². The van der Waals surface area contributed by atoms with Crippen molar-refractivity contribution in [3.05, 3.63) is 71.9 Å². The predicted octanol–water partition coefficient (Wildman–Crippen LogP) is 4.24. The van der Waals surface area contributed by atoms with Gasteiger partial charge in [0.15, 0.2) is 0 Å². The minimum Gasteiger partial charge on any atom is -0.424 e. The van der Waals surface area contributed by atoms with E-state index >= 15 is 0 Å². The van der Waals surface area contributed by atoms with Gasteiger partial charge in [0.1, 0.15) is 0 Å². The molecule has 0 saturated carbocycles. The molecule has 0 bridgehead atoms. The number of hydrogen-bond acceptors (Lipinski definition) is 4. The standard InChI is InChI=1S/C19H21N3O/c1-14(19-21-20-15(2)23-19)22(3)13-17-11-7-8-12-18(17)16-9-5-4-6-10-16/h4-12,14H,13H2,1-3H3/t14-/m0/s1. The van der Waals surface area contributed by atoms with E-state index in [4.69, 9.17) is 4.42 Å². The fourth-order valence-corrected chi connectivity index (χ4v) is 2.63. The van der Waals surface area contributed by atoms with Crippen LogP contribution in [0.25, 0.3) is 11.1 Å². The molecule has 1 heterocycles. The molecule has 4 heteroatoms. The molecule has 0 N–H and O–H groups in total. The summed E-state index contributed by atoms with van der Waals surface area (Å²) in [6.07, 6.45) is 0. The van der Waals surface area contributed by atoms with Gasteiger partial charge in [0.25, 0.3) is 0 Å². The molecule has 0 radical (unpaired) electrons. The molecule has 4 nitrogen and oxygen atoms in total. The van der Waals surface area contributed by atoms with Crippen LogP contribution in [0.15, 0.2) is 59.0 Å². The van der Waals surface area contributed by atoms with Crippen LogP contribution in [-0.2, 0) is 6.54 Å². The maximum atomic E-state index is 5.56. The Labute approximate surface area is 136 Å². The van der Waals surface area contributed by atoms with Crippen molar-refractivity contribution in [2.45, 2.75) is 26.4 Å². The van der Waals surface area contributed by atoms with Crippen LogP contribution in [0.1, 0.15) is 30.3 Å². The summed E-state index contributed by atoms with van der Waals surface area (Å²) in [5.41, 5.74) is 3.77. The summed E-state index contributed by atoms with van der Waals surface area (Å²) < 4.78 is 5.56. The molecule has 0 aliphatic heterocycles. The van der Waals surface area contributed by atoms with Gasteiger partial charge in [-0.25, -0.2) is 0 Å². The lowest BCUT2D eigenvalue weighted by Crippen LogP contribution is -2.22. The van der Waals surface area contributed by atoms with Gasteiger partial charge in [-0.1, -0.05) is 54.6 Å². The summed E-state index contributed by atoms with van der Waals surface area (Å²) >= 11 is 0. The molecule has 0 fully saturated rings. The normalized spacial score (nSPS) is 12.5. The quantitative estimate of drug-likeness (QED) is 0.707. The van der Waals surface area contributed by atoms with E-state index in [0.717, 1.165) is 6.54 Å². The lowest BCUT2D eigenvalue weighted by atomic mass is 9.99. The van der Waals surface area contributed by atoms with Crippen molar-refractivity contribution in [3.63, 3.8) is 0 Å². The van der Waals surface area contributed by atoms with Gasteiger partial charge in [0.2, 0.25) is 11.8 Å². The summed E-state index contributed by atoms with van der Waals surface area (Å²) in [5.74, 6) is 1.26. The number of nitrogens with zero attached hydrogens (tertiary/aromatic N) is 3. The summed E-state index contributed by atoms with van der Waals surface area (Å²) in [7, 11) is 2.08. The molecule has 118 valence electrons. The largest absolute Gasteiger partial charge is 0.424 e. The highest BCUT2D eigenvalue weighted by Crippen LogP contribution is 2.26. The monoisotopic (exact) mass is 307 g/mol. The first-order valence-corrected chi connectivity index (χ1v) is 7.78. The Hall–Kier alpha value is -2.46. The first-order chi connectivity index (χ1) is 11.1. The molecule has 0 spiro atoms. The summed E-state index contributed by atoms with van der Waals surface area (Å²) in [5, 5.41) is 8.05. The Morgan fingerprint density at radius 2 is 1.70 bits per heavy atom. The van der Waals surface area contributed by atoms with Gasteiger partial charge in [-0.2, -0.15) is 0 Å². The molecule has 3 aromatic rings. The van der Waals surface area contributed by atoms with E-state index in [0.29, 0.717) is 11.8 Å². The third-order valence-electron chi connectivity index (χ3n) is 4.08. The highest BCUT2D eigenvalue weighted by Gasteiger charge is 2.18. The molecule has 0 amide bonds. The van der Waals surface area contributed by atoms with Crippen molar-refractivity contribution in [2.24, 2.45) is 0 Å². The lowest BCUT2D eigenvalue weighted by molar-refractivity contribution is 0.215. The third-order valence-corrected chi connectivity index (χ3v) is 4.08. The number of hydrogen-bond donors (Lipinski definition) is 0. The zero-order valence-corrected chi connectivity index (χ0v) is 13.7. The topological polar surface area (TPSA) is 42.2 Å². The first-order valence-electron chi connectivity index (χ1n) is 7.78. The minimum absolute atomic E-state index is 0.0695. The first kappa shape index (κ1) is 15.4. The fraction of sp³-hybridized carbons (Fsp3) is 0.263. The number of rotatable bonds is 5. The van der Waals surface area contributed by atoms with Crippen LogP contribution >= 0.6 is 0 Å². The molecule has 1 atom stereocenters. The highest BCUT2D eigenvalue weighted by molar-refractivity contribution is 5.67. The van der Waals surface area contributed by atoms with Crippen LogP contribution in [0.5, 0.6) is 0 Å². The van der Waals surface area contributed by atoms with Gasteiger partial charge in [0.05, 0.1) is 6.04 Å². The van der Waals surface area contributed by atoms with E-state index in [-0.39, 0.29) is 6.04 Å². The van der Waals surface area contributed by atoms with Crippen LogP contribution in [0.2, 0.25) is 0 Å². The average molecular weight is 307 g/mol. The lowest BCUT2D eigenvalue weighted by Gasteiger charge is -2.23. The van der Waals surface area contributed by atoms with Gasteiger partial charge in [-0.05, 0) is 30.7 Å². The van der Waals surface area contributed by atoms with E-state index in [1.807, 2.05) is 13.0 Å². The van der Waals surface area contributed by atoms with Crippen LogP contribution in [0.3, 0.4) is 0 Å². The number of aryl methyl sites for hydroxylation is 1. The van der Waals surface area contributed by atoms with Crippen molar-refractivity contribution < 1.29 is 4.42 Å². The zero-order valence-electron chi connectivity index (χ0n) is 13.7. The molecule has 1 aromatic heterocycles. The minimum atomic E-state index is 0.0695. The van der Waals surface area contributed by atoms with Gasteiger partial charge >= 0.3 is 0 Å². The Morgan fingerprint density at radius 1 is 1.00 bits per heavy atom. The SMILES string of the molecule is Cc1nnc([C@H](C)N(C)Cc2ccccc2-c2ccccc2)o1. The third kappa shape index (κ3) is 3.48. The summed E-state index contributed by atoms with van der Waals surface area (Å²) in [6, 6.07) is 19.0. The van der Waals surface area contributed by atoms with E-state index in [9.17, 15) is 0 Å². The van der Waals surface area contributed by atoms with Gasteiger partial charge in [-0.3, -0.25) is 4.90 Å². The Balaban J connectivity index is 1.83. The van der Waals surface area contributed by atoms with Crippen molar-refractivity contribution >= 4 is 0 Å². The average Bonchev–Trinajstić information content (AvgIpc) is 3.02. The van der Waals surface area contributed by atoms with E-state index < -0.39 is 0 Å². The van der Waals surface area contributed by atoms with E-state index in [2.05, 4.69) is 77.6 Å². The van der Waals surface area contributed by atoms with Gasteiger partial charge < -0.3 is 4.42 Å². The van der Waals surface area contributed by atoms with Crippen molar-refractivity contribution in [1.29, 1.82) is 0 Å². The molecular weight excluding hydrogens is 286 g/mol. The smallest absolute Gasteiger partial charge is 0.233 e. The Kier molecular flexibility index (Phi) is 4.53. The molecule has 0 saturated heterocycles. The number of aromatic nitrogens is 2. The van der Waals surface area contributed by atoms with Crippen LogP contribution < -0.4 is 0 Å². The Morgan fingerprint density at radius 3 is 2.39 bits per heavy atom. The van der Waals surface area contributed by atoms with Crippen LogP contribution in [0.4, 0.5) is 0 Å². The number of benzene rings is 2. The van der Waals surface area contributed by atoms with Gasteiger partial charge in [-0.15, -0.1) is 10.2 Å². The summed E-state index contributed by atoms with van der Waals surface area (Å²) in [4.78, 5) is 2.22. The molecule has 0 aliphatic rings. The van der Waals surface area contributed by atoms with E-state index in [1.54, 1.807) is 0 Å².